The molecule has 3 heterocycles. The Morgan fingerprint density at radius 2 is 0.765 bits per heavy atom. The van der Waals surface area contributed by atoms with E-state index in [2.05, 4.69) is 15.0 Å². The third kappa shape index (κ3) is 3.99. The summed E-state index contributed by atoms with van der Waals surface area (Å²) >= 11 is -2.86. The number of pyridine rings is 3. The quantitative estimate of drug-likeness (QED) is 0.279. The molecule has 0 N–H and O–H groups in total. The molecule has 0 amide bonds. The second-order valence-corrected chi connectivity index (χ2v) is 8.92. The fraction of sp³-hybridized carbons (Fsp3) is 0. The van der Waals surface area contributed by atoms with E-state index in [1.165, 1.54) is 0 Å². The van der Waals surface area contributed by atoms with Gasteiger partial charge in [-0.1, -0.05) is 54.6 Å². The summed E-state index contributed by atoms with van der Waals surface area (Å²) in [6.07, 6.45) is 5.24. The Labute approximate surface area is 202 Å². The number of fused-ring (bicyclic) bond motifs is 3. The van der Waals surface area contributed by atoms with Gasteiger partial charge in [-0.3, -0.25) is 15.0 Å². The Balaban J connectivity index is 0.00000253. The topological polar surface area (TPSA) is 66.4 Å². The lowest BCUT2D eigenvalue weighted by atomic mass is 10.2. The fourth-order valence-corrected chi connectivity index (χ4v) is 5.23. The minimum absolute atomic E-state index is 0. The molecule has 0 aliphatic heterocycles. The zero-order chi connectivity index (χ0) is 22.7. The molecule has 6 nitrogen and oxygen atoms in total. The van der Waals surface area contributed by atoms with Crippen molar-refractivity contribution in [3.05, 3.63) is 110 Å². The van der Waals surface area contributed by atoms with Gasteiger partial charge in [0.1, 0.15) is 33.8 Å². The van der Waals surface area contributed by atoms with Gasteiger partial charge in [-0.2, -0.15) is 0 Å². The third-order valence-electron chi connectivity index (χ3n) is 5.46. The summed E-state index contributed by atoms with van der Waals surface area (Å²) in [4.78, 5) is 13.5. The maximum Gasteiger partial charge on any atom is 1.20 e. The number of rotatable bonds is 6. The molecule has 0 saturated carbocycles. The standard InChI is InChI=1S/3C9H7NO.Al.H2/c3*11-8-5-1-3-7-4-2-6-10-9(7)8;;/h3*1-6,11H;;1H/q;;;+3;/p-3/i;;;;1+1. The van der Waals surface area contributed by atoms with Crippen molar-refractivity contribution >= 4 is 47.9 Å². The van der Waals surface area contributed by atoms with Crippen molar-refractivity contribution in [2.45, 2.75) is 0 Å². The van der Waals surface area contributed by atoms with Gasteiger partial charge in [-0.25, -0.2) is 0 Å². The molecule has 3 aromatic carbocycles. The molecule has 0 saturated heterocycles. The first-order valence-electron chi connectivity index (χ1n) is 10.9. The van der Waals surface area contributed by atoms with Crippen LogP contribution in [0.15, 0.2) is 110 Å². The van der Waals surface area contributed by atoms with Crippen LogP contribution in [0, 0.1) is 0 Å². The van der Waals surface area contributed by atoms with E-state index in [4.69, 9.17) is 11.4 Å². The smallest absolute Gasteiger partial charge is 0.576 e. The molecule has 6 aromatic rings. The van der Waals surface area contributed by atoms with Crippen LogP contribution in [0.4, 0.5) is 0 Å². The van der Waals surface area contributed by atoms with Crippen LogP contribution in [0.2, 0.25) is 0 Å². The number of hydrogen-bond donors (Lipinski definition) is 0. The van der Waals surface area contributed by atoms with Crippen molar-refractivity contribution in [1.29, 1.82) is 0 Å². The van der Waals surface area contributed by atoms with Crippen LogP contribution < -0.4 is 11.4 Å². The molecule has 6 rings (SSSR count). The van der Waals surface area contributed by atoms with Gasteiger partial charge in [0, 0.05) is 36.2 Å². The number of nitrogens with zero attached hydrogens (tertiary/aromatic N) is 3. The van der Waals surface area contributed by atoms with Gasteiger partial charge >= 0.3 is 15.1 Å². The minimum atomic E-state index is -2.86. The predicted molar refractivity (Wildman–Crippen MR) is 135 cm³/mol. The summed E-state index contributed by atoms with van der Waals surface area (Å²) in [6.45, 7) is 0. The number of aromatic nitrogens is 3. The fourth-order valence-electron chi connectivity index (χ4n) is 3.90. The Bertz CT molecular complexity index is 1420. The normalized spacial score (nSPS) is 10.9. The summed E-state index contributed by atoms with van der Waals surface area (Å²) in [5, 5.41) is 2.93. The molecule has 0 fully saturated rings. The second kappa shape index (κ2) is 8.99. The molecular weight excluding hydrogens is 441 g/mol. The monoisotopic (exact) mass is 462 g/mol. The van der Waals surface area contributed by atoms with Crippen molar-refractivity contribution in [3.63, 3.8) is 0 Å². The Kier molecular flexibility index (Phi) is 5.40. The molecule has 7 heteroatoms. The zero-order valence-electron chi connectivity index (χ0n) is 18.0. The first-order chi connectivity index (χ1) is 16.8. The van der Waals surface area contributed by atoms with E-state index >= 15 is 0 Å². The van der Waals surface area contributed by atoms with E-state index in [0.29, 0.717) is 17.2 Å². The Morgan fingerprint density at radius 1 is 0.441 bits per heavy atom. The highest BCUT2D eigenvalue weighted by Gasteiger charge is 2.45. The van der Waals surface area contributed by atoms with Crippen LogP contribution in [-0.2, 0) is 0 Å². The molecule has 0 atom stereocenters. The molecule has 0 aliphatic carbocycles. The average molecular weight is 462 g/mol. The lowest BCUT2D eigenvalue weighted by Crippen LogP contribution is -2.37. The van der Waals surface area contributed by atoms with Gasteiger partial charge in [0.2, 0.25) is 0 Å². The summed E-state index contributed by atoms with van der Waals surface area (Å²) < 4.78 is 19.2. The number of benzene rings is 3. The van der Waals surface area contributed by atoms with E-state index in [9.17, 15) is 0 Å². The van der Waals surface area contributed by atoms with E-state index in [0.717, 1.165) is 32.7 Å². The summed E-state index contributed by atoms with van der Waals surface area (Å²) in [5.41, 5.74) is 2.25. The first-order valence-corrected chi connectivity index (χ1v) is 12.3. The molecule has 0 spiro atoms. The van der Waals surface area contributed by atoms with Crippen LogP contribution in [0.5, 0.6) is 17.2 Å². The number of hydrogen-bond acceptors (Lipinski definition) is 6. The average Bonchev–Trinajstić information content (AvgIpc) is 2.89. The SMILES string of the molecule is [2HH].c1cnc2c([O][Al]([O]c3cccc4cccnc34)[O]c3cccc4cccnc34)cccc2c1. The highest BCUT2D eigenvalue weighted by molar-refractivity contribution is 6.40. The van der Waals surface area contributed by atoms with E-state index in [-0.39, 0.29) is 1.43 Å². The van der Waals surface area contributed by atoms with Crippen LogP contribution in [-0.4, -0.2) is 30.1 Å². The van der Waals surface area contributed by atoms with Gasteiger partial charge in [0.05, 0.1) is 0 Å². The van der Waals surface area contributed by atoms with E-state index in [1.807, 2.05) is 91.0 Å². The Hall–Kier alpha value is -4.18. The molecule has 0 unspecified atom stereocenters. The van der Waals surface area contributed by atoms with Crippen LogP contribution in [0.3, 0.4) is 0 Å². The molecule has 0 aliphatic rings. The van der Waals surface area contributed by atoms with Crippen molar-refractivity contribution in [1.82, 2.24) is 15.0 Å². The van der Waals surface area contributed by atoms with Gasteiger partial charge < -0.3 is 11.4 Å². The minimum Gasteiger partial charge on any atom is -0.576 e. The van der Waals surface area contributed by atoms with Crippen LogP contribution in [0.1, 0.15) is 1.43 Å². The predicted octanol–water partition coefficient (Wildman–Crippen LogP) is 6.10. The molecule has 0 bridgehead atoms. The summed E-state index contributed by atoms with van der Waals surface area (Å²) in [5.74, 6) is 1.82. The van der Waals surface area contributed by atoms with Gasteiger partial charge in [-0.05, 0) is 36.4 Å². The second-order valence-electron chi connectivity index (χ2n) is 7.64. The number of para-hydroxylation sites is 3. The maximum atomic E-state index is 6.41. The molecule has 3 aromatic heterocycles. The lowest BCUT2D eigenvalue weighted by molar-refractivity contribution is 0.311. The van der Waals surface area contributed by atoms with Crippen LogP contribution in [0.25, 0.3) is 32.7 Å². The van der Waals surface area contributed by atoms with Crippen LogP contribution >= 0.6 is 0 Å². The van der Waals surface area contributed by atoms with Gasteiger partial charge in [-0.15, -0.1) is 0 Å². The van der Waals surface area contributed by atoms with Gasteiger partial charge in [0.25, 0.3) is 0 Å². The van der Waals surface area contributed by atoms with Crippen molar-refractivity contribution < 1.29 is 12.8 Å². The largest absolute Gasteiger partial charge is 1.20 e. The molecular formula is C27H20AlN3O3. The van der Waals surface area contributed by atoms with Crippen molar-refractivity contribution in [3.8, 4) is 17.2 Å². The highest BCUT2D eigenvalue weighted by atomic mass is 27.3. The summed E-state index contributed by atoms with van der Waals surface area (Å²) in [7, 11) is 0. The van der Waals surface area contributed by atoms with Crippen molar-refractivity contribution in [2.75, 3.05) is 0 Å². The molecule has 164 valence electrons. The summed E-state index contributed by atoms with van der Waals surface area (Å²) in [6, 6.07) is 29.1. The zero-order valence-corrected chi connectivity index (χ0v) is 19.2. The molecule has 0 radical (unpaired) electrons. The lowest BCUT2D eigenvalue weighted by Gasteiger charge is -2.18. The van der Waals surface area contributed by atoms with Crippen molar-refractivity contribution in [2.24, 2.45) is 0 Å². The maximum absolute atomic E-state index is 6.41. The van der Waals surface area contributed by atoms with Gasteiger partial charge in [0.15, 0.2) is 0 Å². The van der Waals surface area contributed by atoms with E-state index in [1.54, 1.807) is 18.6 Å². The van der Waals surface area contributed by atoms with E-state index < -0.39 is 15.1 Å². The first kappa shape index (κ1) is 20.4. The third-order valence-corrected chi connectivity index (χ3v) is 6.80. The Morgan fingerprint density at radius 3 is 1.12 bits per heavy atom. The molecule has 34 heavy (non-hydrogen) atoms. The highest BCUT2D eigenvalue weighted by Crippen LogP contribution is 2.29.